The minimum absolute atomic E-state index is 0.0116. The van der Waals surface area contributed by atoms with Gasteiger partial charge in [-0.3, -0.25) is 19.2 Å². The molecule has 2 N–H and O–H groups in total. The third-order valence-corrected chi connectivity index (χ3v) is 13.3. The number of benzene rings is 2. The van der Waals surface area contributed by atoms with Gasteiger partial charge in [-0.1, -0.05) is 189 Å². The van der Waals surface area contributed by atoms with E-state index in [-0.39, 0.29) is 38.5 Å². The van der Waals surface area contributed by atoms with E-state index < -0.39 is 54.1 Å². The Labute approximate surface area is 441 Å². The van der Waals surface area contributed by atoms with Crippen molar-refractivity contribution < 1.29 is 42.9 Å². The van der Waals surface area contributed by atoms with E-state index in [1.54, 1.807) is 20.8 Å². The highest BCUT2D eigenvalue weighted by Crippen LogP contribution is 2.44. The molecule has 1 aliphatic carbocycles. The van der Waals surface area contributed by atoms with Crippen molar-refractivity contribution in [3.05, 3.63) is 84.0 Å². The summed E-state index contributed by atoms with van der Waals surface area (Å²) in [6.45, 7) is 9.19. The van der Waals surface area contributed by atoms with Crippen LogP contribution in [0.4, 0.5) is 4.79 Å². The van der Waals surface area contributed by atoms with Gasteiger partial charge in [-0.15, -0.1) is 0 Å². The van der Waals surface area contributed by atoms with Gasteiger partial charge in [0.15, 0.2) is 6.10 Å². The molecule has 0 aromatic heterocycles. The lowest BCUT2D eigenvalue weighted by atomic mass is 9.98. The maximum absolute atomic E-state index is 13.8. The molecule has 0 radical (unpaired) electrons. The zero-order valence-electron chi connectivity index (χ0n) is 46.0. The molecule has 0 aliphatic heterocycles. The van der Waals surface area contributed by atoms with E-state index in [4.69, 9.17) is 18.9 Å². The summed E-state index contributed by atoms with van der Waals surface area (Å²) in [6, 6.07) is 14.6. The van der Waals surface area contributed by atoms with Gasteiger partial charge in [0, 0.05) is 18.8 Å². The Morgan fingerprint density at radius 1 is 0.548 bits per heavy atom. The highest BCUT2D eigenvalue weighted by atomic mass is 16.6. The van der Waals surface area contributed by atoms with Crippen molar-refractivity contribution in [2.45, 2.75) is 244 Å². The van der Waals surface area contributed by atoms with Gasteiger partial charge in [-0.2, -0.15) is 0 Å². The second-order valence-corrected chi connectivity index (χ2v) is 21.0. The Kier molecular flexibility index (Phi) is 33.0. The Bertz CT molecular complexity index is 1870. The van der Waals surface area contributed by atoms with Crippen molar-refractivity contribution in [1.82, 2.24) is 10.6 Å². The van der Waals surface area contributed by atoms with Crippen molar-refractivity contribution in [2.75, 3.05) is 19.8 Å². The van der Waals surface area contributed by atoms with Crippen LogP contribution < -0.4 is 10.6 Å². The average Bonchev–Trinajstić information content (AvgIpc) is 3.68. The van der Waals surface area contributed by atoms with Crippen molar-refractivity contribution in [3.63, 3.8) is 0 Å². The van der Waals surface area contributed by atoms with Crippen LogP contribution in [0.5, 0.6) is 0 Å². The molecule has 1 aliphatic rings. The number of allylic oxidation sites excluding steroid dienone is 4. The Balaban J connectivity index is 1.51. The van der Waals surface area contributed by atoms with E-state index in [0.717, 1.165) is 99.3 Å². The average molecular weight is 1010 g/mol. The number of fused-ring (bicyclic) bond motifs is 3. The van der Waals surface area contributed by atoms with Crippen molar-refractivity contribution in [1.29, 1.82) is 0 Å². The van der Waals surface area contributed by atoms with Crippen LogP contribution in [0.3, 0.4) is 0 Å². The summed E-state index contributed by atoms with van der Waals surface area (Å²) < 4.78 is 22.7. The molecule has 11 nitrogen and oxygen atoms in total. The molecular formula is C62H96N2O9. The van der Waals surface area contributed by atoms with E-state index >= 15 is 0 Å². The standard InChI is InChI=1S/C62H96N2O9/c1-6-8-10-12-14-16-18-20-22-24-26-28-30-32-34-44-57(65)70-48-50(72-58(66)45-35-33-31-29-27-25-23-21-19-17-15-13-11-9-7-2)47-63-60(68)56(46-59(67)73-62(3,4)5)64-61(69)71-49-55-53-42-38-36-40-51(53)52-41-37-39-43-54(52)55/h20-23,36-43,50,55-56H,6-19,24-35,44-49H2,1-5H3,(H,63,68)(H,64,69)/b22-20-,23-21-. The zero-order valence-corrected chi connectivity index (χ0v) is 46.0. The minimum atomic E-state index is -1.37. The normalized spacial score (nSPS) is 13.1. The molecule has 0 heterocycles. The van der Waals surface area contributed by atoms with E-state index in [9.17, 15) is 24.0 Å². The molecule has 0 saturated carbocycles. The SMILES string of the molecule is CCCCCCCC/C=C\CCCCCCCC(=O)OCC(CNC(=O)C(CC(=O)OC(C)(C)C)NC(=O)OCC1c2ccccc2-c2ccccc21)OC(=O)CCCCCCC/C=C\CCCCCCCC. The number of nitrogens with one attached hydrogen (secondary N) is 2. The summed E-state index contributed by atoms with van der Waals surface area (Å²) in [7, 11) is 0. The summed E-state index contributed by atoms with van der Waals surface area (Å²) in [6.07, 6.45) is 37.2. The quantitative estimate of drug-likeness (QED) is 0.0288. The van der Waals surface area contributed by atoms with Gasteiger partial charge >= 0.3 is 24.0 Å². The maximum atomic E-state index is 13.8. The molecule has 0 fully saturated rings. The van der Waals surface area contributed by atoms with Gasteiger partial charge in [0.25, 0.3) is 0 Å². The number of carbonyl (C=O) groups excluding carboxylic acids is 5. The van der Waals surface area contributed by atoms with Gasteiger partial charge in [0.1, 0.15) is 24.9 Å². The number of esters is 3. The summed E-state index contributed by atoms with van der Waals surface area (Å²) in [5, 5.41) is 5.31. The molecule has 0 spiro atoms. The third kappa shape index (κ3) is 28.9. The fraction of sp³-hybridized carbons (Fsp3) is 0.661. The lowest BCUT2D eigenvalue weighted by molar-refractivity contribution is -0.159. The molecule has 73 heavy (non-hydrogen) atoms. The number of alkyl carbamates (subject to hydrolysis) is 1. The van der Waals surface area contributed by atoms with Crippen LogP contribution in [-0.4, -0.2) is 67.4 Å². The summed E-state index contributed by atoms with van der Waals surface area (Å²) >= 11 is 0. The number of carbonyl (C=O) groups is 5. The van der Waals surface area contributed by atoms with E-state index in [1.807, 2.05) is 48.5 Å². The second kappa shape index (κ2) is 38.6. The van der Waals surface area contributed by atoms with Gasteiger partial charge in [-0.25, -0.2) is 4.79 Å². The van der Waals surface area contributed by atoms with Gasteiger partial charge in [0.2, 0.25) is 5.91 Å². The van der Waals surface area contributed by atoms with Gasteiger partial charge < -0.3 is 29.6 Å². The van der Waals surface area contributed by atoms with E-state index in [1.165, 1.54) is 77.0 Å². The summed E-state index contributed by atoms with van der Waals surface area (Å²) in [5.74, 6) is -2.47. The molecule has 2 aromatic carbocycles. The number of ether oxygens (including phenoxy) is 4. The fourth-order valence-electron chi connectivity index (χ4n) is 9.20. The first-order valence-corrected chi connectivity index (χ1v) is 28.7. The summed E-state index contributed by atoms with van der Waals surface area (Å²) in [5.41, 5.74) is 3.38. The predicted molar refractivity (Wildman–Crippen MR) is 295 cm³/mol. The number of hydrogen-bond donors (Lipinski definition) is 2. The van der Waals surface area contributed by atoms with Crippen LogP contribution >= 0.6 is 0 Å². The molecule has 11 heteroatoms. The van der Waals surface area contributed by atoms with Gasteiger partial charge in [-0.05, 0) is 107 Å². The largest absolute Gasteiger partial charge is 0.462 e. The molecule has 0 bridgehead atoms. The smallest absolute Gasteiger partial charge is 0.407 e. The number of rotatable bonds is 41. The van der Waals surface area contributed by atoms with Crippen LogP contribution in [-0.2, 0) is 38.1 Å². The van der Waals surface area contributed by atoms with Crippen molar-refractivity contribution in [2.24, 2.45) is 0 Å². The Morgan fingerprint density at radius 3 is 1.47 bits per heavy atom. The molecule has 408 valence electrons. The topological polar surface area (TPSA) is 146 Å². The minimum Gasteiger partial charge on any atom is -0.462 e. The van der Waals surface area contributed by atoms with Crippen molar-refractivity contribution in [3.8, 4) is 11.1 Å². The molecule has 0 saturated heterocycles. The summed E-state index contributed by atoms with van der Waals surface area (Å²) in [4.78, 5) is 66.4. The highest BCUT2D eigenvalue weighted by molar-refractivity contribution is 5.89. The van der Waals surface area contributed by atoms with Crippen LogP contribution in [0.2, 0.25) is 0 Å². The highest BCUT2D eigenvalue weighted by Gasteiger charge is 2.32. The lowest BCUT2D eigenvalue weighted by Gasteiger charge is -2.24. The first kappa shape index (κ1) is 62.4. The Morgan fingerprint density at radius 2 is 0.986 bits per heavy atom. The number of unbranched alkanes of at least 4 members (excludes halogenated alkanes) is 22. The third-order valence-electron chi connectivity index (χ3n) is 13.3. The number of amides is 2. The predicted octanol–water partition coefficient (Wildman–Crippen LogP) is 15.3. The molecular weight excluding hydrogens is 917 g/mol. The fourth-order valence-corrected chi connectivity index (χ4v) is 9.20. The van der Waals surface area contributed by atoms with Crippen molar-refractivity contribution >= 4 is 29.9 Å². The monoisotopic (exact) mass is 1010 g/mol. The van der Waals surface area contributed by atoms with Crippen LogP contribution in [0.15, 0.2) is 72.8 Å². The molecule has 3 rings (SSSR count). The second-order valence-electron chi connectivity index (χ2n) is 21.0. The first-order valence-electron chi connectivity index (χ1n) is 28.7. The van der Waals surface area contributed by atoms with E-state index in [2.05, 4.69) is 48.8 Å². The maximum Gasteiger partial charge on any atom is 0.407 e. The number of hydrogen-bond acceptors (Lipinski definition) is 9. The molecule has 2 unspecified atom stereocenters. The van der Waals surface area contributed by atoms with Crippen LogP contribution in [0, 0.1) is 0 Å². The first-order chi connectivity index (χ1) is 35.4. The van der Waals surface area contributed by atoms with Crippen LogP contribution in [0.25, 0.3) is 11.1 Å². The Hall–Kier alpha value is -4.93. The van der Waals surface area contributed by atoms with Gasteiger partial charge in [0.05, 0.1) is 13.0 Å². The van der Waals surface area contributed by atoms with Crippen LogP contribution in [0.1, 0.15) is 238 Å². The molecule has 2 aromatic rings. The molecule has 2 atom stereocenters. The molecule has 2 amide bonds. The lowest BCUT2D eigenvalue weighted by Crippen LogP contribution is -2.50. The zero-order chi connectivity index (χ0) is 52.8. The van der Waals surface area contributed by atoms with E-state index in [0.29, 0.717) is 12.8 Å².